The van der Waals surface area contributed by atoms with Gasteiger partial charge in [0.15, 0.2) is 0 Å². The van der Waals surface area contributed by atoms with Crippen LogP contribution in [0.5, 0.6) is 0 Å². The third kappa shape index (κ3) is 39.2. The highest BCUT2D eigenvalue weighted by molar-refractivity contribution is 5.77. The molecule has 55 heavy (non-hydrogen) atoms. The molecule has 0 radical (unpaired) electrons. The van der Waals surface area contributed by atoms with Crippen molar-refractivity contribution in [1.29, 1.82) is 0 Å². The number of aliphatic hydroxyl groups excluding tert-OH is 2. The molecule has 3 unspecified atom stereocenters. The van der Waals surface area contributed by atoms with Gasteiger partial charge < -0.3 is 20.3 Å². The number of carbonyl (C=O) groups excluding carboxylic acids is 2. The number of esters is 1. The van der Waals surface area contributed by atoms with Crippen molar-refractivity contribution in [3.63, 3.8) is 0 Å². The predicted octanol–water partition coefficient (Wildman–Crippen LogP) is 14.2. The van der Waals surface area contributed by atoms with Crippen molar-refractivity contribution in [1.82, 2.24) is 5.32 Å². The maximum Gasteiger partial charge on any atom is 0.306 e. The minimum atomic E-state index is -0.781. The van der Waals surface area contributed by atoms with Crippen LogP contribution in [0.4, 0.5) is 0 Å². The Morgan fingerprint density at radius 3 is 1.35 bits per heavy atom. The molecule has 0 rings (SSSR count). The van der Waals surface area contributed by atoms with Crippen LogP contribution in [-0.4, -0.2) is 46.9 Å². The zero-order chi connectivity index (χ0) is 40.3. The van der Waals surface area contributed by atoms with Gasteiger partial charge in [-0.1, -0.05) is 219 Å². The number of rotatable bonds is 44. The van der Waals surface area contributed by atoms with Crippen LogP contribution in [-0.2, 0) is 14.3 Å². The Bertz CT molecular complexity index is 832. The number of aliphatic hydroxyl groups is 2. The van der Waals surface area contributed by atoms with E-state index in [1.807, 2.05) is 0 Å². The summed E-state index contributed by atoms with van der Waals surface area (Å²) in [5.41, 5.74) is 0. The van der Waals surface area contributed by atoms with Crippen molar-refractivity contribution in [3.8, 4) is 0 Å². The van der Waals surface area contributed by atoms with Gasteiger partial charge in [-0.05, 0) is 44.9 Å². The van der Waals surface area contributed by atoms with E-state index < -0.39 is 18.2 Å². The smallest absolute Gasteiger partial charge is 0.306 e. The highest BCUT2D eigenvalue weighted by Crippen LogP contribution is 2.18. The Labute approximate surface area is 342 Å². The second-order valence-corrected chi connectivity index (χ2v) is 16.9. The second-order valence-electron chi connectivity index (χ2n) is 16.9. The van der Waals surface area contributed by atoms with Crippen molar-refractivity contribution in [2.45, 2.75) is 283 Å². The summed E-state index contributed by atoms with van der Waals surface area (Å²) in [6.07, 6.45) is 46.9. The summed E-state index contributed by atoms with van der Waals surface area (Å²) in [5.74, 6) is -0.471. The molecule has 0 aliphatic heterocycles. The molecule has 3 atom stereocenters. The van der Waals surface area contributed by atoms with Crippen LogP contribution < -0.4 is 5.32 Å². The summed E-state index contributed by atoms with van der Waals surface area (Å²) in [6, 6.07) is -0.695. The summed E-state index contributed by atoms with van der Waals surface area (Å²) in [4.78, 5) is 26.0. The number of ether oxygens (including phenoxy) is 1. The molecule has 0 saturated carbocycles. The zero-order valence-electron chi connectivity index (χ0n) is 37.1. The van der Waals surface area contributed by atoms with Gasteiger partial charge in [0.25, 0.3) is 0 Å². The molecule has 6 heteroatoms. The van der Waals surface area contributed by atoms with E-state index in [1.54, 1.807) is 0 Å². The van der Waals surface area contributed by atoms with Gasteiger partial charge >= 0.3 is 5.97 Å². The fraction of sp³-hybridized carbons (Fsp3) is 0.918. The van der Waals surface area contributed by atoms with Crippen molar-refractivity contribution in [2.24, 2.45) is 0 Å². The van der Waals surface area contributed by atoms with E-state index in [0.29, 0.717) is 19.3 Å². The Morgan fingerprint density at radius 2 is 0.891 bits per heavy atom. The van der Waals surface area contributed by atoms with E-state index in [9.17, 15) is 19.8 Å². The molecule has 0 aromatic heterocycles. The summed E-state index contributed by atoms with van der Waals surface area (Å²) in [5, 5.41) is 23.7. The fourth-order valence-corrected chi connectivity index (χ4v) is 7.59. The standard InChI is InChI=1S/C49H95NO5/c1-4-7-10-13-16-19-22-24-26-28-31-34-37-40-45(55-49(54)42-39-36-33-30-25-21-18-15-12-9-6-3)43-48(53)50-46(44-51)47(52)41-38-35-32-29-27-23-20-17-14-11-8-5-2/h15,18,45-47,51-52H,4-14,16-17,19-44H2,1-3H3,(H,50,53)/b18-15-. The number of amides is 1. The van der Waals surface area contributed by atoms with E-state index in [1.165, 1.54) is 167 Å². The molecule has 0 bridgehead atoms. The lowest BCUT2D eigenvalue weighted by atomic mass is 10.0. The Balaban J connectivity index is 4.55. The summed E-state index contributed by atoms with van der Waals surface area (Å²) in [7, 11) is 0. The molecule has 326 valence electrons. The van der Waals surface area contributed by atoms with Gasteiger partial charge in [0.1, 0.15) is 6.10 Å². The molecule has 0 spiro atoms. The highest BCUT2D eigenvalue weighted by atomic mass is 16.5. The third-order valence-electron chi connectivity index (χ3n) is 11.3. The quantitative estimate of drug-likeness (QED) is 0.0325. The molecule has 1 amide bonds. The lowest BCUT2D eigenvalue weighted by molar-refractivity contribution is -0.151. The lowest BCUT2D eigenvalue weighted by Crippen LogP contribution is -2.46. The fourth-order valence-electron chi connectivity index (χ4n) is 7.59. The van der Waals surface area contributed by atoms with E-state index in [2.05, 4.69) is 38.2 Å². The van der Waals surface area contributed by atoms with Gasteiger partial charge in [-0.15, -0.1) is 0 Å². The maximum atomic E-state index is 13.1. The van der Waals surface area contributed by atoms with Crippen LogP contribution in [0.1, 0.15) is 265 Å². The topological polar surface area (TPSA) is 95.9 Å². The van der Waals surface area contributed by atoms with E-state index in [0.717, 1.165) is 51.4 Å². The Morgan fingerprint density at radius 1 is 0.509 bits per heavy atom. The molecule has 3 N–H and O–H groups in total. The van der Waals surface area contributed by atoms with Crippen LogP contribution in [0, 0.1) is 0 Å². The van der Waals surface area contributed by atoms with Crippen LogP contribution >= 0.6 is 0 Å². The maximum absolute atomic E-state index is 13.1. The van der Waals surface area contributed by atoms with Gasteiger partial charge in [-0.2, -0.15) is 0 Å². The predicted molar refractivity (Wildman–Crippen MR) is 237 cm³/mol. The van der Waals surface area contributed by atoms with E-state index in [-0.39, 0.29) is 24.9 Å². The molecule has 0 heterocycles. The Kier molecular flexibility index (Phi) is 42.6. The number of allylic oxidation sites excluding steroid dienone is 2. The molecule has 0 aliphatic rings. The summed E-state index contributed by atoms with van der Waals surface area (Å²) >= 11 is 0. The van der Waals surface area contributed by atoms with Crippen molar-refractivity contribution in [2.75, 3.05) is 6.61 Å². The minimum absolute atomic E-state index is 0.0809. The van der Waals surface area contributed by atoms with Crippen molar-refractivity contribution in [3.05, 3.63) is 12.2 Å². The lowest BCUT2D eigenvalue weighted by Gasteiger charge is -2.24. The Hall–Kier alpha value is -1.40. The first-order chi connectivity index (χ1) is 27.0. The molecule has 0 aliphatic carbocycles. The summed E-state index contributed by atoms with van der Waals surface area (Å²) < 4.78 is 5.91. The van der Waals surface area contributed by atoms with Gasteiger partial charge in [-0.25, -0.2) is 0 Å². The third-order valence-corrected chi connectivity index (χ3v) is 11.3. The van der Waals surface area contributed by atoms with Gasteiger partial charge in [-0.3, -0.25) is 9.59 Å². The molecular weight excluding hydrogens is 683 g/mol. The van der Waals surface area contributed by atoms with Crippen LogP contribution in [0.2, 0.25) is 0 Å². The SMILES string of the molecule is CCCC/C=C\CCCCCCCC(=O)OC(CCCCCCCCCCCCCCC)CC(=O)NC(CO)C(O)CCCCCCCCCCCCCC. The number of unbranched alkanes of at least 4 members (excludes halogenated alkanes) is 30. The van der Waals surface area contributed by atoms with E-state index in [4.69, 9.17) is 4.74 Å². The average Bonchev–Trinajstić information content (AvgIpc) is 3.18. The second kappa shape index (κ2) is 43.7. The highest BCUT2D eigenvalue weighted by Gasteiger charge is 2.24. The van der Waals surface area contributed by atoms with Crippen LogP contribution in [0.15, 0.2) is 12.2 Å². The zero-order valence-corrected chi connectivity index (χ0v) is 37.1. The number of carbonyl (C=O) groups is 2. The molecule has 0 aromatic rings. The van der Waals surface area contributed by atoms with Crippen molar-refractivity contribution >= 4 is 11.9 Å². The van der Waals surface area contributed by atoms with Gasteiger partial charge in [0.2, 0.25) is 5.91 Å². The number of hydrogen-bond acceptors (Lipinski definition) is 5. The first kappa shape index (κ1) is 53.6. The van der Waals surface area contributed by atoms with Crippen molar-refractivity contribution < 1.29 is 24.5 Å². The first-order valence-electron chi connectivity index (χ1n) is 24.4. The normalized spacial score (nSPS) is 13.3. The molecular formula is C49H95NO5. The summed E-state index contributed by atoms with van der Waals surface area (Å²) in [6.45, 7) is 6.45. The van der Waals surface area contributed by atoms with E-state index >= 15 is 0 Å². The molecule has 0 fully saturated rings. The largest absolute Gasteiger partial charge is 0.462 e. The average molecular weight is 778 g/mol. The number of nitrogens with one attached hydrogen (secondary N) is 1. The van der Waals surface area contributed by atoms with Gasteiger partial charge in [0.05, 0.1) is 25.2 Å². The molecule has 6 nitrogen and oxygen atoms in total. The molecule has 0 aromatic carbocycles. The minimum Gasteiger partial charge on any atom is -0.462 e. The first-order valence-corrected chi connectivity index (χ1v) is 24.4. The van der Waals surface area contributed by atoms with Gasteiger partial charge in [0, 0.05) is 6.42 Å². The molecule has 0 saturated heterocycles. The monoisotopic (exact) mass is 778 g/mol. The van der Waals surface area contributed by atoms with Crippen LogP contribution in [0.3, 0.4) is 0 Å². The number of hydrogen-bond donors (Lipinski definition) is 3. The van der Waals surface area contributed by atoms with Crippen LogP contribution in [0.25, 0.3) is 0 Å².